The van der Waals surface area contributed by atoms with Crippen LogP contribution in [0.5, 0.6) is 0 Å². The summed E-state index contributed by atoms with van der Waals surface area (Å²) < 4.78 is 44.6. The highest BCUT2D eigenvalue weighted by Gasteiger charge is 2.44. The fourth-order valence-corrected chi connectivity index (χ4v) is 8.57. The third kappa shape index (κ3) is 34.5. The lowest BCUT2D eigenvalue weighted by Gasteiger charge is -2.39. The monoisotopic (exact) mass is 968 g/mol. The van der Waals surface area contributed by atoms with E-state index in [4.69, 9.17) is 28.0 Å². The summed E-state index contributed by atoms with van der Waals surface area (Å²) >= 11 is 0. The van der Waals surface area contributed by atoms with Gasteiger partial charge in [0.2, 0.25) is 5.91 Å². The zero-order chi connectivity index (χ0) is 48.5. The van der Waals surface area contributed by atoms with Crippen LogP contribution in [0.2, 0.25) is 0 Å². The van der Waals surface area contributed by atoms with Crippen molar-refractivity contribution in [2.75, 3.05) is 39.6 Å². The van der Waals surface area contributed by atoms with E-state index in [9.17, 15) is 44.3 Å². The van der Waals surface area contributed by atoms with Crippen LogP contribution in [0.3, 0.4) is 0 Å². The van der Waals surface area contributed by atoms with Gasteiger partial charge in [-0.15, -0.1) is 0 Å². The normalized spacial score (nSPS) is 19.9. The first-order valence-electron chi connectivity index (χ1n) is 26.1. The maximum atomic E-state index is 12.8. The summed E-state index contributed by atoms with van der Waals surface area (Å²) in [5, 5.41) is 41.7. The molecule has 2 unspecified atom stereocenters. The van der Waals surface area contributed by atoms with Crippen LogP contribution in [0.25, 0.3) is 0 Å². The Hall–Kier alpha value is -1.72. The van der Waals surface area contributed by atoms with E-state index >= 15 is 0 Å². The van der Waals surface area contributed by atoms with Crippen LogP contribution in [-0.4, -0.2) is 120 Å². The zero-order valence-corrected chi connectivity index (χ0v) is 42.0. The molecule has 1 aliphatic rings. The van der Waals surface area contributed by atoms with Gasteiger partial charge in [0.15, 0.2) is 12.4 Å². The fourth-order valence-electron chi connectivity index (χ4n) is 7.82. The lowest BCUT2D eigenvalue weighted by molar-refractivity contribution is -0.301. The van der Waals surface area contributed by atoms with E-state index in [-0.39, 0.29) is 51.5 Å². The molecule has 0 bridgehead atoms. The first-order valence-corrected chi connectivity index (χ1v) is 27.6. The minimum Gasteiger partial charge on any atom is -0.462 e. The van der Waals surface area contributed by atoms with Crippen molar-refractivity contribution in [2.24, 2.45) is 0 Å². The number of ether oxygens (including phenoxy) is 4. The predicted molar refractivity (Wildman–Crippen MR) is 254 cm³/mol. The second kappa shape index (κ2) is 42.2. The first kappa shape index (κ1) is 62.3. The van der Waals surface area contributed by atoms with Crippen molar-refractivity contribution >= 4 is 25.7 Å². The minimum absolute atomic E-state index is 0.0681. The molecule has 0 aromatic rings. The van der Waals surface area contributed by atoms with Crippen LogP contribution in [0.4, 0.5) is 0 Å². The number of amides is 1. The number of aliphatic hydroxyl groups is 4. The van der Waals surface area contributed by atoms with Crippen molar-refractivity contribution in [1.29, 1.82) is 0 Å². The SMILES string of the molecule is CCCCCCCCCCCCCCCC(=O)OCC(COP(=O)(O)OCCNC(=O)CCCCCO[C@H]1O[C@H](CO)[C@@H](O)[C@H](O)[C@@H]1O)OC(=O)CCCCCCCCCCCCCCC. The van der Waals surface area contributed by atoms with Crippen molar-refractivity contribution in [1.82, 2.24) is 5.32 Å². The number of carbonyl (C=O) groups is 3. The van der Waals surface area contributed by atoms with E-state index in [0.717, 1.165) is 38.5 Å². The molecule has 0 aromatic carbocycles. The van der Waals surface area contributed by atoms with Gasteiger partial charge in [0.05, 0.1) is 19.8 Å². The average Bonchev–Trinajstić information content (AvgIpc) is 3.30. The van der Waals surface area contributed by atoms with Crippen LogP contribution >= 0.6 is 7.82 Å². The van der Waals surface area contributed by atoms with Crippen molar-refractivity contribution in [2.45, 2.75) is 256 Å². The van der Waals surface area contributed by atoms with Gasteiger partial charge in [-0.1, -0.05) is 174 Å². The standard InChI is InChI=1S/C49H94NO15P/c1-3-5-7-9-11-13-15-17-19-21-23-25-29-33-44(53)61-39-41(64-45(54)34-30-26-24-22-20-18-16-14-12-10-8-6-4-2)40-63-66(58,59)62-37-35-50-43(52)32-28-27-31-36-60-49-48(57)47(56)46(55)42(38-51)65-49/h41-42,46-49,51,55-57H,3-40H2,1-2H3,(H,50,52)(H,58,59)/t41?,42-,46-,47+,48+,49+/m1/s1. The van der Waals surface area contributed by atoms with E-state index in [1.54, 1.807) is 0 Å². The van der Waals surface area contributed by atoms with Gasteiger partial charge in [-0.25, -0.2) is 4.57 Å². The molecule has 390 valence electrons. The number of phosphoric ester groups is 1. The van der Waals surface area contributed by atoms with Crippen molar-refractivity contribution in [3.63, 3.8) is 0 Å². The molecule has 0 aliphatic carbocycles. The Morgan fingerprint density at radius 3 is 1.52 bits per heavy atom. The smallest absolute Gasteiger partial charge is 0.462 e. The van der Waals surface area contributed by atoms with Crippen LogP contribution in [0, 0.1) is 0 Å². The number of nitrogens with one attached hydrogen (secondary N) is 1. The Balaban J connectivity index is 2.39. The summed E-state index contributed by atoms with van der Waals surface area (Å²) in [6.45, 7) is 2.81. The van der Waals surface area contributed by atoms with Crippen LogP contribution < -0.4 is 5.32 Å². The number of carbonyl (C=O) groups excluding carboxylic acids is 3. The van der Waals surface area contributed by atoms with Crippen molar-refractivity contribution < 1.29 is 72.3 Å². The maximum Gasteiger partial charge on any atom is 0.472 e. The highest BCUT2D eigenvalue weighted by molar-refractivity contribution is 7.47. The molecule has 1 saturated heterocycles. The highest BCUT2D eigenvalue weighted by Crippen LogP contribution is 2.43. The van der Waals surface area contributed by atoms with Gasteiger partial charge in [0, 0.05) is 32.4 Å². The third-order valence-electron chi connectivity index (χ3n) is 12.0. The van der Waals surface area contributed by atoms with E-state index < -0.39 is 69.8 Å². The molecule has 1 aliphatic heterocycles. The summed E-state index contributed by atoms with van der Waals surface area (Å²) in [5.41, 5.74) is 0. The largest absolute Gasteiger partial charge is 0.472 e. The predicted octanol–water partition coefficient (Wildman–Crippen LogP) is 9.03. The van der Waals surface area contributed by atoms with E-state index in [2.05, 4.69) is 19.2 Å². The van der Waals surface area contributed by atoms with E-state index in [1.165, 1.54) is 116 Å². The lowest BCUT2D eigenvalue weighted by Crippen LogP contribution is -2.59. The summed E-state index contributed by atoms with van der Waals surface area (Å²) in [5.74, 6) is -1.24. The van der Waals surface area contributed by atoms with Crippen LogP contribution in [-0.2, 0) is 46.9 Å². The molecule has 7 atom stereocenters. The fraction of sp³-hybridized carbons (Fsp3) is 0.939. The van der Waals surface area contributed by atoms with Gasteiger partial charge in [-0.3, -0.25) is 23.4 Å². The number of hydrogen-bond acceptors (Lipinski definition) is 14. The summed E-state index contributed by atoms with van der Waals surface area (Å²) in [7, 11) is -4.62. The quantitative estimate of drug-likeness (QED) is 0.0190. The summed E-state index contributed by atoms with van der Waals surface area (Å²) in [6, 6.07) is 0. The number of unbranched alkanes of at least 4 members (excludes halogenated alkanes) is 26. The maximum absolute atomic E-state index is 12.8. The van der Waals surface area contributed by atoms with E-state index in [0.29, 0.717) is 32.1 Å². The Morgan fingerprint density at radius 2 is 1.02 bits per heavy atom. The number of hydrogen-bond donors (Lipinski definition) is 6. The number of phosphoric acid groups is 1. The Kier molecular flexibility index (Phi) is 39.8. The molecule has 1 heterocycles. The second-order valence-corrected chi connectivity index (χ2v) is 19.6. The van der Waals surface area contributed by atoms with Gasteiger partial charge in [-0.2, -0.15) is 0 Å². The molecular formula is C49H94NO15P. The summed E-state index contributed by atoms with van der Waals surface area (Å²) in [4.78, 5) is 48.0. The number of esters is 2. The van der Waals surface area contributed by atoms with Crippen LogP contribution in [0.15, 0.2) is 0 Å². The molecule has 66 heavy (non-hydrogen) atoms. The average molecular weight is 968 g/mol. The van der Waals surface area contributed by atoms with Gasteiger partial charge in [0.1, 0.15) is 31.0 Å². The summed E-state index contributed by atoms with van der Waals surface area (Å²) in [6.07, 6.45) is 25.1. The molecule has 1 amide bonds. The Morgan fingerprint density at radius 1 is 0.561 bits per heavy atom. The van der Waals surface area contributed by atoms with Crippen molar-refractivity contribution in [3.05, 3.63) is 0 Å². The molecule has 0 aromatic heterocycles. The van der Waals surface area contributed by atoms with Gasteiger partial charge < -0.3 is 49.6 Å². The minimum atomic E-state index is -4.62. The molecule has 0 spiro atoms. The third-order valence-corrected chi connectivity index (χ3v) is 13.0. The molecule has 17 heteroatoms. The highest BCUT2D eigenvalue weighted by atomic mass is 31.2. The number of aliphatic hydroxyl groups excluding tert-OH is 4. The Bertz CT molecular complexity index is 1230. The lowest BCUT2D eigenvalue weighted by atomic mass is 9.99. The molecule has 1 fully saturated rings. The molecule has 0 radical (unpaired) electrons. The first-order chi connectivity index (χ1) is 31.9. The molecule has 16 nitrogen and oxygen atoms in total. The molecule has 1 rings (SSSR count). The molecule has 0 saturated carbocycles. The molecular weight excluding hydrogens is 874 g/mol. The van der Waals surface area contributed by atoms with Crippen molar-refractivity contribution in [3.8, 4) is 0 Å². The Labute approximate surface area is 397 Å². The van der Waals surface area contributed by atoms with Gasteiger partial charge in [0.25, 0.3) is 0 Å². The second-order valence-electron chi connectivity index (χ2n) is 18.1. The van der Waals surface area contributed by atoms with E-state index in [1.807, 2.05) is 0 Å². The zero-order valence-electron chi connectivity index (χ0n) is 41.1. The van der Waals surface area contributed by atoms with Crippen LogP contribution in [0.1, 0.15) is 219 Å². The molecule has 6 N–H and O–H groups in total. The topological polar surface area (TPSA) is 237 Å². The van der Waals surface area contributed by atoms with Gasteiger partial charge in [-0.05, 0) is 25.7 Å². The number of rotatable bonds is 46. The van der Waals surface area contributed by atoms with Gasteiger partial charge >= 0.3 is 19.8 Å².